The van der Waals surface area contributed by atoms with E-state index >= 15 is 0 Å². The summed E-state index contributed by atoms with van der Waals surface area (Å²) in [7, 11) is 1.76. The summed E-state index contributed by atoms with van der Waals surface area (Å²) >= 11 is 0. The fourth-order valence-corrected chi connectivity index (χ4v) is 1.81. The van der Waals surface area contributed by atoms with Gasteiger partial charge < -0.3 is 5.32 Å². The van der Waals surface area contributed by atoms with E-state index < -0.39 is 0 Å². The van der Waals surface area contributed by atoms with Crippen LogP contribution in [0.5, 0.6) is 0 Å². The van der Waals surface area contributed by atoms with E-state index in [1.165, 1.54) is 5.56 Å². The van der Waals surface area contributed by atoms with Crippen molar-refractivity contribution in [2.75, 3.05) is 0 Å². The number of benzene rings is 1. The van der Waals surface area contributed by atoms with E-state index in [-0.39, 0.29) is 11.9 Å². The van der Waals surface area contributed by atoms with Crippen LogP contribution in [0.3, 0.4) is 0 Å². The summed E-state index contributed by atoms with van der Waals surface area (Å²) in [5, 5.41) is 6.94. The van der Waals surface area contributed by atoms with Gasteiger partial charge in [0.05, 0.1) is 6.04 Å². The molecular weight excluding hydrogens is 226 g/mol. The number of nitrogens with one attached hydrogen (secondary N) is 1. The van der Waals surface area contributed by atoms with Crippen LogP contribution in [0, 0.1) is 6.92 Å². The molecule has 0 saturated carbocycles. The molecule has 0 aliphatic carbocycles. The van der Waals surface area contributed by atoms with E-state index in [0.29, 0.717) is 5.69 Å². The second kappa shape index (κ2) is 5.04. The average molecular weight is 243 g/mol. The molecule has 0 radical (unpaired) electrons. The number of hydrogen-bond donors (Lipinski definition) is 1. The van der Waals surface area contributed by atoms with E-state index in [0.717, 1.165) is 5.56 Å². The number of rotatable bonds is 3. The lowest BCUT2D eigenvalue weighted by atomic mass is 10.1. The normalized spacial score (nSPS) is 12.2. The van der Waals surface area contributed by atoms with Crippen LogP contribution in [0.1, 0.15) is 34.6 Å². The second-order valence-electron chi connectivity index (χ2n) is 4.45. The van der Waals surface area contributed by atoms with Gasteiger partial charge in [-0.1, -0.05) is 29.8 Å². The summed E-state index contributed by atoms with van der Waals surface area (Å²) in [6.07, 6.45) is 1.62. The summed E-state index contributed by atoms with van der Waals surface area (Å²) in [5.41, 5.74) is 2.87. The van der Waals surface area contributed by atoms with Crippen molar-refractivity contribution in [2.24, 2.45) is 7.05 Å². The molecule has 0 saturated heterocycles. The zero-order chi connectivity index (χ0) is 13.1. The quantitative estimate of drug-likeness (QED) is 0.898. The Balaban J connectivity index is 2.08. The van der Waals surface area contributed by atoms with Crippen LogP contribution in [0.4, 0.5) is 0 Å². The first-order valence-electron chi connectivity index (χ1n) is 5.93. The fraction of sp³-hybridized carbons (Fsp3) is 0.286. The molecule has 0 spiro atoms. The molecule has 4 heteroatoms. The van der Waals surface area contributed by atoms with Crippen molar-refractivity contribution in [1.82, 2.24) is 15.1 Å². The zero-order valence-corrected chi connectivity index (χ0v) is 10.8. The summed E-state index contributed by atoms with van der Waals surface area (Å²) in [4.78, 5) is 12.0. The topological polar surface area (TPSA) is 46.9 Å². The molecule has 0 fully saturated rings. The number of carbonyl (C=O) groups excluding carboxylic acids is 1. The lowest BCUT2D eigenvalue weighted by Gasteiger charge is -2.14. The summed E-state index contributed by atoms with van der Waals surface area (Å²) in [6.45, 7) is 4.02. The van der Waals surface area contributed by atoms with E-state index in [9.17, 15) is 4.79 Å². The Labute approximate surface area is 107 Å². The number of aryl methyl sites for hydroxylation is 2. The highest BCUT2D eigenvalue weighted by Crippen LogP contribution is 2.13. The van der Waals surface area contributed by atoms with E-state index in [2.05, 4.69) is 10.4 Å². The molecule has 2 aromatic rings. The Morgan fingerprint density at radius 1 is 1.28 bits per heavy atom. The molecular formula is C14H17N3O. The molecule has 1 atom stereocenters. The van der Waals surface area contributed by atoms with E-state index in [4.69, 9.17) is 0 Å². The number of nitrogens with zero attached hydrogens (tertiary/aromatic N) is 2. The van der Waals surface area contributed by atoms with E-state index in [1.54, 1.807) is 24.0 Å². The van der Waals surface area contributed by atoms with Gasteiger partial charge in [-0.05, 0) is 25.5 Å². The third-order valence-corrected chi connectivity index (χ3v) is 2.98. The molecule has 1 aromatic heterocycles. The van der Waals surface area contributed by atoms with Crippen molar-refractivity contribution < 1.29 is 4.79 Å². The van der Waals surface area contributed by atoms with Crippen molar-refractivity contribution in [1.29, 1.82) is 0 Å². The highest BCUT2D eigenvalue weighted by atomic mass is 16.2. The third kappa shape index (κ3) is 2.59. The number of hydrogen-bond acceptors (Lipinski definition) is 2. The number of amides is 1. The fourth-order valence-electron chi connectivity index (χ4n) is 1.81. The van der Waals surface area contributed by atoms with Gasteiger partial charge in [-0.25, -0.2) is 0 Å². The second-order valence-corrected chi connectivity index (χ2v) is 4.45. The molecule has 18 heavy (non-hydrogen) atoms. The molecule has 2 rings (SSSR count). The maximum Gasteiger partial charge on any atom is 0.270 e. The molecule has 4 nitrogen and oxygen atoms in total. The Morgan fingerprint density at radius 3 is 2.50 bits per heavy atom. The van der Waals surface area contributed by atoms with Crippen LogP contribution in [0.2, 0.25) is 0 Å². The zero-order valence-electron chi connectivity index (χ0n) is 10.8. The Hall–Kier alpha value is -2.10. The Bertz CT molecular complexity index is 542. The van der Waals surface area contributed by atoms with Crippen LogP contribution >= 0.6 is 0 Å². The molecule has 0 aliphatic rings. The van der Waals surface area contributed by atoms with Crippen molar-refractivity contribution in [2.45, 2.75) is 19.9 Å². The predicted molar refractivity (Wildman–Crippen MR) is 70.3 cm³/mol. The van der Waals surface area contributed by atoms with Gasteiger partial charge in [0.2, 0.25) is 0 Å². The van der Waals surface area contributed by atoms with Gasteiger partial charge in [-0.3, -0.25) is 9.48 Å². The highest BCUT2D eigenvalue weighted by Gasteiger charge is 2.13. The maximum absolute atomic E-state index is 12.0. The summed E-state index contributed by atoms with van der Waals surface area (Å²) in [5.74, 6) is -0.108. The average Bonchev–Trinajstić information content (AvgIpc) is 2.76. The van der Waals surface area contributed by atoms with Crippen molar-refractivity contribution in [3.05, 3.63) is 53.3 Å². The largest absolute Gasteiger partial charge is 0.344 e. The monoisotopic (exact) mass is 243 g/mol. The maximum atomic E-state index is 12.0. The Kier molecular flexibility index (Phi) is 3.46. The van der Waals surface area contributed by atoms with Gasteiger partial charge in [-0.15, -0.1) is 0 Å². The van der Waals surface area contributed by atoms with Crippen LogP contribution in [0.15, 0.2) is 36.5 Å². The van der Waals surface area contributed by atoms with Gasteiger partial charge in [0.25, 0.3) is 5.91 Å². The van der Waals surface area contributed by atoms with Crippen molar-refractivity contribution >= 4 is 5.91 Å². The first-order valence-corrected chi connectivity index (χ1v) is 5.93. The van der Waals surface area contributed by atoms with E-state index in [1.807, 2.05) is 38.1 Å². The number of aromatic nitrogens is 2. The highest BCUT2D eigenvalue weighted by molar-refractivity contribution is 5.92. The van der Waals surface area contributed by atoms with Gasteiger partial charge in [0.15, 0.2) is 0 Å². The van der Waals surface area contributed by atoms with Crippen molar-refractivity contribution in [3.8, 4) is 0 Å². The summed E-state index contributed by atoms with van der Waals surface area (Å²) in [6, 6.07) is 9.84. The first-order chi connectivity index (χ1) is 8.58. The van der Waals surface area contributed by atoms with Gasteiger partial charge in [0, 0.05) is 13.2 Å². The molecule has 94 valence electrons. The lowest BCUT2D eigenvalue weighted by molar-refractivity contribution is 0.0930. The lowest BCUT2D eigenvalue weighted by Crippen LogP contribution is -2.28. The van der Waals surface area contributed by atoms with Crippen LogP contribution in [0.25, 0.3) is 0 Å². The van der Waals surface area contributed by atoms with Gasteiger partial charge in [-0.2, -0.15) is 5.10 Å². The van der Waals surface area contributed by atoms with Crippen molar-refractivity contribution in [3.63, 3.8) is 0 Å². The smallest absolute Gasteiger partial charge is 0.270 e. The minimum Gasteiger partial charge on any atom is -0.344 e. The van der Waals surface area contributed by atoms with Crippen LogP contribution in [-0.2, 0) is 7.05 Å². The molecule has 0 unspecified atom stereocenters. The first kappa shape index (κ1) is 12.4. The minimum atomic E-state index is -0.108. The van der Waals surface area contributed by atoms with Crippen LogP contribution in [-0.4, -0.2) is 15.7 Å². The molecule has 0 aliphatic heterocycles. The SMILES string of the molecule is Cc1ccc([C@@H](C)NC(=O)c2ccnn2C)cc1. The van der Waals surface area contributed by atoms with Gasteiger partial charge in [0.1, 0.15) is 5.69 Å². The predicted octanol–water partition coefficient (Wildman–Crippen LogP) is 2.22. The minimum absolute atomic E-state index is 0.0204. The molecule has 1 N–H and O–H groups in total. The third-order valence-electron chi connectivity index (χ3n) is 2.98. The Morgan fingerprint density at radius 2 is 1.94 bits per heavy atom. The number of carbonyl (C=O) groups is 1. The molecule has 1 aromatic carbocycles. The molecule has 1 heterocycles. The van der Waals surface area contributed by atoms with Gasteiger partial charge >= 0.3 is 0 Å². The molecule has 1 amide bonds. The summed E-state index contributed by atoms with van der Waals surface area (Å²) < 4.78 is 1.57. The molecule has 0 bridgehead atoms. The standard InChI is InChI=1S/C14H17N3O/c1-10-4-6-12(7-5-10)11(2)16-14(18)13-8-9-15-17(13)3/h4-9,11H,1-3H3,(H,16,18)/t11-/m1/s1. The van der Waals surface area contributed by atoms with Crippen LogP contribution < -0.4 is 5.32 Å².